The molecule has 0 saturated heterocycles. The number of aromatic nitrogens is 4. The summed E-state index contributed by atoms with van der Waals surface area (Å²) in [5, 5.41) is 20.9. The number of rotatable bonds is 7. The zero-order valence-electron chi connectivity index (χ0n) is 26.5. The van der Waals surface area contributed by atoms with Crippen LogP contribution < -0.4 is 0 Å². The van der Waals surface area contributed by atoms with Gasteiger partial charge in [-0.1, -0.05) is 20.8 Å². The molecule has 11 nitrogen and oxygen atoms in total. The molecule has 0 amide bonds. The lowest BCUT2D eigenvalue weighted by Gasteiger charge is -2.16. The number of aryl methyl sites for hydroxylation is 2. The average Bonchev–Trinajstić information content (AvgIpc) is 3.65. The molecule has 0 spiro atoms. The van der Waals surface area contributed by atoms with Crippen molar-refractivity contribution in [3.63, 3.8) is 0 Å². The maximum absolute atomic E-state index is 13.0. The molecule has 11 heteroatoms. The summed E-state index contributed by atoms with van der Waals surface area (Å²) in [5.41, 5.74) is 5.08. The number of nitrogens with one attached hydrogen (secondary N) is 2. The minimum atomic E-state index is -1.35. The van der Waals surface area contributed by atoms with E-state index in [-0.39, 0.29) is 58.7 Å². The Morgan fingerprint density at radius 1 is 0.800 bits per heavy atom. The lowest BCUT2D eigenvalue weighted by Crippen LogP contribution is -2.12. The highest BCUT2D eigenvalue weighted by Gasteiger charge is 2.35. The molecule has 0 aliphatic carbocycles. The van der Waals surface area contributed by atoms with E-state index in [0.717, 1.165) is 23.4 Å². The Kier molecular flexibility index (Phi) is 8.39. The largest absolute Gasteiger partial charge is 0.478 e. The molecule has 0 radical (unpaired) electrons. The van der Waals surface area contributed by atoms with E-state index in [9.17, 15) is 29.4 Å². The summed E-state index contributed by atoms with van der Waals surface area (Å²) < 4.78 is 4.86. The Hall–Kier alpha value is -4.80. The number of H-pyrrole nitrogens is 2. The van der Waals surface area contributed by atoms with E-state index >= 15 is 0 Å². The monoisotopic (exact) mass is 614 g/mol. The van der Waals surface area contributed by atoms with Gasteiger partial charge in [-0.25, -0.2) is 9.59 Å². The second-order valence-corrected chi connectivity index (χ2v) is 12.0. The summed E-state index contributed by atoms with van der Waals surface area (Å²) in [6.45, 7) is 11.0. The van der Waals surface area contributed by atoms with Crippen molar-refractivity contribution in [3.05, 3.63) is 68.8 Å². The van der Waals surface area contributed by atoms with E-state index in [4.69, 9.17) is 14.7 Å². The second kappa shape index (κ2) is 11.9. The van der Waals surface area contributed by atoms with Crippen molar-refractivity contribution in [2.45, 2.75) is 84.5 Å². The fourth-order valence-electron chi connectivity index (χ4n) is 6.94. The first-order valence-electron chi connectivity index (χ1n) is 15.1. The highest BCUT2D eigenvalue weighted by molar-refractivity contribution is 6.08. The number of aromatic amines is 2. The van der Waals surface area contributed by atoms with Gasteiger partial charge in [0.15, 0.2) is 5.78 Å². The zero-order chi connectivity index (χ0) is 32.9. The van der Waals surface area contributed by atoms with Gasteiger partial charge in [0.2, 0.25) is 0 Å². The average molecular weight is 615 g/mol. The number of ketones is 1. The fourth-order valence-corrected chi connectivity index (χ4v) is 6.94. The normalized spacial score (nSPS) is 19.4. The molecule has 0 fully saturated rings. The number of ether oxygens (including phenoxy) is 1. The Balaban J connectivity index is 2.02. The van der Waals surface area contributed by atoms with Gasteiger partial charge in [-0.05, 0) is 62.9 Å². The first-order chi connectivity index (χ1) is 21.3. The lowest BCUT2D eigenvalue weighted by atomic mass is 9.85. The first-order valence-corrected chi connectivity index (χ1v) is 15.1. The van der Waals surface area contributed by atoms with E-state index in [1.807, 2.05) is 19.9 Å². The maximum Gasteiger partial charge on any atom is 0.339 e. The molecule has 8 bridgehead atoms. The van der Waals surface area contributed by atoms with Crippen LogP contribution in [0.1, 0.15) is 136 Å². The van der Waals surface area contributed by atoms with Crippen LogP contribution in [0.2, 0.25) is 0 Å². The van der Waals surface area contributed by atoms with E-state index in [1.54, 1.807) is 19.1 Å². The number of carbonyl (C=O) groups excluding carboxylic acids is 2. The van der Waals surface area contributed by atoms with Gasteiger partial charge in [0.05, 0.1) is 29.4 Å². The van der Waals surface area contributed by atoms with Crippen molar-refractivity contribution >= 4 is 45.8 Å². The lowest BCUT2D eigenvalue weighted by molar-refractivity contribution is -0.140. The molecule has 0 unspecified atom stereocenters. The highest BCUT2D eigenvalue weighted by Crippen LogP contribution is 2.43. The molecule has 2 aliphatic heterocycles. The third-order valence-electron chi connectivity index (χ3n) is 9.47. The van der Waals surface area contributed by atoms with Gasteiger partial charge in [0.1, 0.15) is 5.56 Å². The molecule has 2 aliphatic rings. The van der Waals surface area contributed by atoms with Crippen LogP contribution in [0.15, 0.2) is 18.2 Å². The van der Waals surface area contributed by atoms with Crippen molar-refractivity contribution in [2.75, 3.05) is 7.11 Å². The summed E-state index contributed by atoms with van der Waals surface area (Å²) in [4.78, 5) is 67.0. The number of hydrogen-bond donors (Lipinski definition) is 4. The summed E-state index contributed by atoms with van der Waals surface area (Å²) >= 11 is 0. The second-order valence-electron chi connectivity index (χ2n) is 12.0. The number of carboxylic acids is 2. The van der Waals surface area contributed by atoms with Gasteiger partial charge in [0, 0.05) is 63.8 Å². The summed E-state index contributed by atoms with van der Waals surface area (Å²) in [6.07, 6.45) is 1.01. The van der Waals surface area contributed by atoms with E-state index < -0.39 is 23.8 Å². The third-order valence-corrected chi connectivity index (χ3v) is 9.47. The molecular weight excluding hydrogens is 576 g/mol. The van der Waals surface area contributed by atoms with Gasteiger partial charge in [-0.2, -0.15) is 0 Å². The maximum atomic E-state index is 13.0. The molecule has 0 aromatic carbocycles. The van der Waals surface area contributed by atoms with Crippen LogP contribution >= 0.6 is 0 Å². The topological polar surface area (TPSA) is 175 Å². The predicted octanol–water partition coefficient (Wildman–Crippen LogP) is 6.67. The smallest absolute Gasteiger partial charge is 0.339 e. The Morgan fingerprint density at radius 3 is 1.96 bits per heavy atom. The minimum absolute atomic E-state index is 0.00846. The summed E-state index contributed by atoms with van der Waals surface area (Å²) in [5.74, 6) is -4.04. The van der Waals surface area contributed by atoms with Gasteiger partial charge in [-0.3, -0.25) is 19.6 Å². The van der Waals surface area contributed by atoms with Crippen molar-refractivity contribution < 1.29 is 34.1 Å². The van der Waals surface area contributed by atoms with E-state index in [0.29, 0.717) is 33.4 Å². The predicted molar refractivity (Wildman–Crippen MR) is 168 cm³/mol. The minimum Gasteiger partial charge on any atom is -0.478 e. The van der Waals surface area contributed by atoms with Crippen molar-refractivity contribution in [3.8, 4) is 0 Å². The molecular formula is C34H38N4O7. The standard InChI is InChI=1S/C34H38N4O7/c1-8-19-14(2)21-13-26-28(18(6)39)16(4)23(36-26)11-22-15(3)20(9-10-27(40)45-7)31(37-22)30(34(43)44)32-29(33(41)42)17(5)24(38-32)12-25(19)35-21/h11-15,19-20,36,38H,8-10H2,1-7H3,(H,41,42)(H,43,44)/t14-,15+,19-,20+/m1/s1. The number of carboxylic acid groups (broad SMARTS) is 2. The molecule has 3 aromatic heterocycles. The molecule has 5 heterocycles. The van der Waals surface area contributed by atoms with Crippen LogP contribution in [0.5, 0.6) is 0 Å². The molecule has 0 saturated carbocycles. The van der Waals surface area contributed by atoms with Crippen LogP contribution in [0.4, 0.5) is 0 Å². The molecule has 236 valence electrons. The molecule has 45 heavy (non-hydrogen) atoms. The zero-order valence-corrected chi connectivity index (χ0v) is 26.5. The van der Waals surface area contributed by atoms with Gasteiger partial charge >= 0.3 is 17.9 Å². The Labute approximate surface area is 260 Å². The Bertz CT molecular complexity index is 1920. The van der Waals surface area contributed by atoms with Crippen LogP contribution in [0.3, 0.4) is 0 Å². The number of aromatic carboxylic acids is 2. The van der Waals surface area contributed by atoms with Crippen molar-refractivity contribution in [1.82, 2.24) is 19.9 Å². The summed E-state index contributed by atoms with van der Waals surface area (Å²) in [7, 11) is 1.29. The number of hydrogen-bond acceptors (Lipinski definition) is 7. The third kappa shape index (κ3) is 5.40. The number of nitrogens with zero attached hydrogens (tertiary/aromatic N) is 2. The SMILES string of the molecule is CC[C@H]1c2cc3[nH]c(c(C(=O)O)c4nc(cc5[nH]c(cc(n2)[C@@H]1C)c(C(C)=O)c5C)[C@@H](C)[C@@H]4CCC(=O)OC)c(C(=O)O)c3C. The number of fused-ring (bicyclic) bond motifs is 8. The van der Waals surface area contributed by atoms with Crippen LogP contribution in [-0.4, -0.2) is 60.9 Å². The van der Waals surface area contributed by atoms with E-state index in [1.165, 1.54) is 14.0 Å². The van der Waals surface area contributed by atoms with Crippen molar-refractivity contribution in [2.24, 2.45) is 0 Å². The van der Waals surface area contributed by atoms with E-state index in [2.05, 4.69) is 23.8 Å². The number of esters is 1. The molecule has 3 aromatic rings. The van der Waals surface area contributed by atoms with Crippen LogP contribution in [0.25, 0.3) is 22.1 Å². The van der Waals surface area contributed by atoms with Gasteiger partial charge in [0.25, 0.3) is 0 Å². The van der Waals surface area contributed by atoms with Crippen LogP contribution in [-0.2, 0) is 9.53 Å². The fraction of sp³-hybridized carbons (Fsp3) is 0.412. The first kappa shape index (κ1) is 31.6. The molecule has 4 atom stereocenters. The van der Waals surface area contributed by atoms with Gasteiger partial charge in [-0.15, -0.1) is 0 Å². The summed E-state index contributed by atoms with van der Waals surface area (Å²) in [6, 6.07) is 5.50. The number of methoxy groups -OCH3 is 1. The highest BCUT2D eigenvalue weighted by atomic mass is 16.5. The number of carbonyl (C=O) groups is 4. The molecule has 4 N–H and O–H groups in total. The van der Waals surface area contributed by atoms with Crippen LogP contribution in [0, 0.1) is 13.8 Å². The van der Waals surface area contributed by atoms with Crippen molar-refractivity contribution in [1.29, 1.82) is 0 Å². The van der Waals surface area contributed by atoms with Gasteiger partial charge < -0.3 is 24.9 Å². The number of Topliss-reactive ketones (excluding diaryl/α,β-unsaturated/α-hetero) is 1. The molecule has 5 rings (SSSR count). The quantitative estimate of drug-likeness (QED) is 0.167. The Morgan fingerprint density at radius 2 is 1.36 bits per heavy atom.